The van der Waals surface area contributed by atoms with E-state index in [0.29, 0.717) is 11.8 Å². The van der Waals surface area contributed by atoms with Gasteiger partial charge in [0.2, 0.25) is 0 Å². The van der Waals surface area contributed by atoms with Crippen molar-refractivity contribution in [1.29, 1.82) is 0 Å². The van der Waals surface area contributed by atoms with Crippen LogP contribution in [0.3, 0.4) is 0 Å². The van der Waals surface area contributed by atoms with Gasteiger partial charge in [0, 0.05) is 5.39 Å². The maximum atomic E-state index is 13.1. The smallest absolute Gasteiger partial charge is 0.433 e. The summed E-state index contributed by atoms with van der Waals surface area (Å²) >= 11 is 0. The van der Waals surface area contributed by atoms with Crippen molar-refractivity contribution in [3.05, 3.63) is 41.7 Å². The Morgan fingerprint density at radius 3 is 2.67 bits per heavy atom. The molecule has 0 bridgehead atoms. The molecular weight excluding hydrogens is 283 g/mol. The van der Waals surface area contributed by atoms with Gasteiger partial charge in [0.15, 0.2) is 5.69 Å². The molecule has 0 spiro atoms. The summed E-state index contributed by atoms with van der Waals surface area (Å²) < 4.78 is 44.1. The highest BCUT2D eigenvalue weighted by molar-refractivity contribution is 5.94. The number of benzene rings is 1. The lowest BCUT2D eigenvalue weighted by atomic mass is 10.1. The highest BCUT2D eigenvalue weighted by Gasteiger charge is 2.35. The molecule has 21 heavy (non-hydrogen) atoms. The first-order valence-corrected chi connectivity index (χ1v) is 6.57. The Bertz CT molecular complexity index is 653. The zero-order valence-electron chi connectivity index (χ0n) is 11.4. The van der Waals surface area contributed by atoms with Gasteiger partial charge in [0.25, 0.3) is 0 Å². The lowest BCUT2D eigenvalue weighted by Crippen LogP contribution is -2.15. The molecule has 0 aliphatic heterocycles. The molecule has 0 aliphatic carbocycles. The molecule has 6 heteroatoms. The molecule has 0 saturated heterocycles. The molecule has 1 aromatic carbocycles. The van der Waals surface area contributed by atoms with Crippen molar-refractivity contribution >= 4 is 16.7 Å². The van der Waals surface area contributed by atoms with Crippen molar-refractivity contribution in [2.45, 2.75) is 25.9 Å². The summed E-state index contributed by atoms with van der Waals surface area (Å²) in [6.45, 7) is 2.09. The van der Waals surface area contributed by atoms with Gasteiger partial charge < -0.3 is 4.74 Å². The van der Waals surface area contributed by atoms with Crippen molar-refractivity contribution in [2.75, 3.05) is 6.61 Å². The zero-order chi connectivity index (χ0) is 15.5. The molecule has 0 atom stereocenters. The zero-order valence-corrected chi connectivity index (χ0v) is 11.4. The van der Waals surface area contributed by atoms with E-state index in [-0.39, 0.29) is 17.7 Å². The number of aromatic nitrogens is 1. The highest BCUT2D eigenvalue weighted by atomic mass is 19.4. The van der Waals surface area contributed by atoms with E-state index in [1.807, 2.05) is 6.92 Å². The Kier molecular flexibility index (Phi) is 4.45. The van der Waals surface area contributed by atoms with Crippen LogP contribution in [-0.2, 0) is 10.9 Å². The number of hydrogen-bond donors (Lipinski definition) is 0. The van der Waals surface area contributed by atoms with E-state index >= 15 is 0 Å². The van der Waals surface area contributed by atoms with Crippen LogP contribution in [0.1, 0.15) is 35.9 Å². The summed E-state index contributed by atoms with van der Waals surface area (Å²) in [5.74, 6) is -0.834. The number of halogens is 3. The van der Waals surface area contributed by atoms with Gasteiger partial charge in [-0.25, -0.2) is 9.78 Å². The van der Waals surface area contributed by atoms with E-state index in [4.69, 9.17) is 4.74 Å². The van der Waals surface area contributed by atoms with Gasteiger partial charge in [-0.05, 0) is 17.9 Å². The van der Waals surface area contributed by atoms with Gasteiger partial charge >= 0.3 is 12.1 Å². The topological polar surface area (TPSA) is 39.2 Å². The van der Waals surface area contributed by atoms with E-state index in [0.717, 1.165) is 6.42 Å². The molecule has 0 amide bonds. The third kappa shape index (κ3) is 3.51. The van der Waals surface area contributed by atoms with Crippen molar-refractivity contribution < 1.29 is 22.7 Å². The summed E-state index contributed by atoms with van der Waals surface area (Å²) in [4.78, 5) is 15.2. The van der Waals surface area contributed by atoms with Gasteiger partial charge in [-0.1, -0.05) is 37.6 Å². The maximum Gasteiger partial charge on any atom is 0.433 e. The third-order valence-electron chi connectivity index (χ3n) is 2.95. The number of nitrogens with zero attached hydrogens (tertiary/aromatic N) is 1. The second kappa shape index (κ2) is 6.11. The lowest BCUT2D eigenvalue weighted by molar-refractivity contribution is -0.139. The number of hydrogen-bond acceptors (Lipinski definition) is 3. The van der Waals surface area contributed by atoms with Crippen LogP contribution >= 0.6 is 0 Å². The summed E-state index contributed by atoms with van der Waals surface area (Å²) in [5, 5.41) is 0.275. The second-order valence-electron chi connectivity index (χ2n) is 4.56. The normalized spacial score (nSPS) is 11.6. The number of rotatable bonds is 4. The van der Waals surface area contributed by atoms with Crippen LogP contribution in [0.25, 0.3) is 10.8 Å². The minimum atomic E-state index is -4.63. The number of pyridine rings is 1. The summed E-state index contributed by atoms with van der Waals surface area (Å²) in [5.41, 5.74) is -1.39. The molecule has 0 fully saturated rings. The van der Waals surface area contributed by atoms with Crippen LogP contribution in [0.5, 0.6) is 0 Å². The van der Waals surface area contributed by atoms with E-state index < -0.39 is 17.8 Å². The average molecular weight is 297 g/mol. The molecule has 112 valence electrons. The Labute approximate surface area is 119 Å². The summed E-state index contributed by atoms with van der Waals surface area (Å²) in [6.07, 6.45) is -3.14. The van der Waals surface area contributed by atoms with E-state index in [2.05, 4.69) is 4.98 Å². The van der Waals surface area contributed by atoms with Gasteiger partial charge in [-0.2, -0.15) is 13.2 Å². The Morgan fingerprint density at radius 2 is 2.00 bits per heavy atom. The molecule has 1 aromatic heterocycles. The maximum absolute atomic E-state index is 13.1. The van der Waals surface area contributed by atoms with Crippen LogP contribution in [-0.4, -0.2) is 17.6 Å². The van der Waals surface area contributed by atoms with Crippen LogP contribution in [0.2, 0.25) is 0 Å². The minimum Gasteiger partial charge on any atom is -0.461 e. The average Bonchev–Trinajstić information content (AvgIpc) is 2.45. The van der Waals surface area contributed by atoms with E-state index in [9.17, 15) is 18.0 Å². The second-order valence-corrected chi connectivity index (χ2v) is 4.56. The number of unbranched alkanes of at least 4 members (excludes halogenated alkanes) is 1. The van der Waals surface area contributed by atoms with Crippen LogP contribution in [0.15, 0.2) is 30.3 Å². The molecule has 0 unspecified atom stereocenters. The first-order valence-electron chi connectivity index (χ1n) is 6.57. The SMILES string of the molecule is CCCCOC(=O)c1cc2ccccc2c(C(F)(F)F)n1. The highest BCUT2D eigenvalue weighted by Crippen LogP contribution is 2.33. The molecule has 1 heterocycles. The number of fused-ring (bicyclic) bond motifs is 1. The van der Waals surface area contributed by atoms with Crippen LogP contribution in [0, 0.1) is 0 Å². The number of carbonyl (C=O) groups excluding carboxylic acids is 1. The van der Waals surface area contributed by atoms with Crippen LogP contribution < -0.4 is 0 Å². The molecule has 0 N–H and O–H groups in total. The number of carbonyl (C=O) groups is 1. The predicted octanol–water partition coefficient (Wildman–Crippen LogP) is 4.21. The van der Waals surface area contributed by atoms with Crippen molar-refractivity contribution in [1.82, 2.24) is 4.98 Å². The summed E-state index contributed by atoms with van der Waals surface area (Å²) in [6, 6.07) is 7.26. The lowest BCUT2D eigenvalue weighted by Gasteiger charge is -2.11. The first-order chi connectivity index (χ1) is 9.93. The Morgan fingerprint density at radius 1 is 1.29 bits per heavy atom. The number of esters is 1. The quantitative estimate of drug-likeness (QED) is 0.627. The first kappa shape index (κ1) is 15.3. The van der Waals surface area contributed by atoms with Gasteiger partial charge in [-0.3, -0.25) is 0 Å². The monoisotopic (exact) mass is 297 g/mol. The molecule has 3 nitrogen and oxygen atoms in total. The predicted molar refractivity (Wildman–Crippen MR) is 71.9 cm³/mol. The molecule has 0 aliphatic rings. The number of alkyl halides is 3. The van der Waals surface area contributed by atoms with E-state index in [1.54, 1.807) is 6.07 Å². The Hall–Kier alpha value is -2.11. The van der Waals surface area contributed by atoms with E-state index in [1.165, 1.54) is 24.3 Å². The van der Waals surface area contributed by atoms with Gasteiger partial charge in [0.05, 0.1) is 6.61 Å². The fourth-order valence-electron chi connectivity index (χ4n) is 1.90. The van der Waals surface area contributed by atoms with Crippen molar-refractivity contribution in [2.24, 2.45) is 0 Å². The Balaban J connectivity index is 2.44. The standard InChI is InChI=1S/C15H14F3NO2/c1-2-3-8-21-14(20)12-9-10-6-4-5-7-11(10)13(19-12)15(16,17)18/h4-7,9H,2-3,8H2,1H3. The van der Waals surface area contributed by atoms with Crippen LogP contribution in [0.4, 0.5) is 13.2 Å². The van der Waals surface area contributed by atoms with Crippen molar-refractivity contribution in [3.63, 3.8) is 0 Å². The fraction of sp³-hybridized carbons (Fsp3) is 0.333. The van der Waals surface area contributed by atoms with Gasteiger partial charge in [0.1, 0.15) is 5.69 Å². The molecular formula is C15H14F3NO2. The molecule has 0 radical (unpaired) electrons. The third-order valence-corrected chi connectivity index (χ3v) is 2.95. The molecule has 0 saturated carbocycles. The van der Waals surface area contributed by atoms with Gasteiger partial charge in [-0.15, -0.1) is 0 Å². The largest absolute Gasteiger partial charge is 0.461 e. The fourth-order valence-corrected chi connectivity index (χ4v) is 1.90. The molecule has 2 aromatic rings. The number of ether oxygens (including phenoxy) is 1. The van der Waals surface area contributed by atoms with Crippen molar-refractivity contribution in [3.8, 4) is 0 Å². The molecule has 2 rings (SSSR count). The summed E-state index contributed by atoms with van der Waals surface area (Å²) in [7, 11) is 0. The minimum absolute atomic E-state index is 0.0323.